The molecule has 1 aliphatic rings. The maximum Gasteiger partial charge on any atom is 0.277 e. The molecule has 1 aliphatic carbocycles. The van der Waals surface area contributed by atoms with E-state index < -0.39 is 11.8 Å². The molecule has 10 heteroatoms. The predicted octanol–water partition coefficient (Wildman–Crippen LogP) is 4.84. The van der Waals surface area contributed by atoms with Crippen molar-refractivity contribution in [3.63, 3.8) is 0 Å². The highest BCUT2D eigenvalue weighted by atomic mass is 35.5. The molecule has 34 heavy (non-hydrogen) atoms. The number of benzene rings is 2. The van der Waals surface area contributed by atoms with Crippen molar-refractivity contribution >= 4 is 46.4 Å². The van der Waals surface area contributed by atoms with E-state index in [4.69, 9.17) is 42.1 Å². The van der Waals surface area contributed by atoms with Gasteiger partial charge in [0.05, 0.1) is 49.9 Å². The van der Waals surface area contributed by atoms with Gasteiger partial charge < -0.3 is 18.9 Å². The summed E-state index contributed by atoms with van der Waals surface area (Å²) in [4.78, 5) is 33.3. The number of aliphatic imine (C=N–C) groups is 2. The van der Waals surface area contributed by atoms with E-state index in [2.05, 4.69) is 9.98 Å². The highest BCUT2D eigenvalue weighted by Crippen LogP contribution is 2.30. The Kier molecular flexibility index (Phi) is 8.09. The van der Waals surface area contributed by atoms with Crippen LogP contribution in [0.15, 0.2) is 68.6 Å². The van der Waals surface area contributed by atoms with Crippen molar-refractivity contribution < 1.29 is 28.5 Å². The SMILES string of the molecule is COc1ccc(C(=O)N=C2C=CC(=NC(=O)c3ccc(OC)c(OC)c3)C(Cl)=C2Cl)cc1OC. The number of methoxy groups -OCH3 is 4. The topological polar surface area (TPSA) is 95.8 Å². The van der Waals surface area contributed by atoms with E-state index in [1.165, 1.54) is 52.7 Å². The molecule has 0 N–H and O–H groups in total. The molecule has 0 heterocycles. The zero-order chi connectivity index (χ0) is 24.8. The standard InChI is InChI=1S/C24H20Cl2N2O6/c1-31-17-9-5-13(11-19(17)33-3)23(29)27-15-7-8-16(22(26)21(15)25)28-24(30)14-6-10-18(32-2)20(12-14)34-4/h5-12H,1-4H3. The Morgan fingerprint density at radius 2 is 0.971 bits per heavy atom. The number of ether oxygens (including phenoxy) is 4. The molecule has 0 aliphatic heterocycles. The minimum atomic E-state index is -0.565. The Labute approximate surface area is 206 Å². The Morgan fingerprint density at radius 1 is 0.618 bits per heavy atom. The monoisotopic (exact) mass is 502 g/mol. The number of halogens is 2. The number of hydrogen-bond donors (Lipinski definition) is 0. The van der Waals surface area contributed by atoms with E-state index in [1.807, 2.05) is 0 Å². The van der Waals surface area contributed by atoms with E-state index in [0.717, 1.165) is 0 Å². The van der Waals surface area contributed by atoms with Gasteiger partial charge in [-0.15, -0.1) is 0 Å². The lowest BCUT2D eigenvalue weighted by molar-refractivity contribution is 0.0994. The molecule has 0 radical (unpaired) electrons. The largest absolute Gasteiger partial charge is 0.493 e. The lowest BCUT2D eigenvalue weighted by Crippen LogP contribution is -2.13. The minimum Gasteiger partial charge on any atom is -0.493 e. The van der Waals surface area contributed by atoms with Gasteiger partial charge in [-0.2, -0.15) is 0 Å². The molecule has 2 amide bonds. The quantitative estimate of drug-likeness (QED) is 0.524. The van der Waals surface area contributed by atoms with Gasteiger partial charge in [0.25, 0.3) is 11.8 Å². The van der Waals surface area contributed by atoms with Gasteiger partial charge in [-0.1, -0.05) is 23.2 Å². The maximum atomic E-state index is 12.6. The van der Waals surface area contributed by atoms with Crippen LogP contribution in [0.4, 0.5) is 0 Å². The normalized spacial score (nSPS) is 15.5. The van der Waals surface area contributed by atoms with Crippen LogP contribution >= 0.6 is 23.2 Å². The summed E-state index contributed by atoms with van der Waals surface area (Å²) >= 11 is 12.6. The van der Waals surface area contributed by atoms with Crippen LogP contribution in [0.2, 0.25) is 0 Å². The van der Waals surface area contributed by atoms with Crippen LogP contribution in [0.1, 0.15) is 20.7 Å². The van der Waals surface area contributed by atoms with Gasteiger partial charge in [0.1, 0.15) is 0 Å². The first-order valence-corrected chi connectivity index (χ1v) is 10.5. The molecular weight excluding hydrogens is 483 g/mol. The number of carbonyl (C=O) groups excluding carboxylic acids is 2. The maximum absolute atomic E-state index is 12.6. The average molecular weight is 503 g/mol. The van der Waals surface area contributed by atoms with E-state index >= 15 is 0 Å². The molecular formula is C24H20Cl2N2O6. The zero-order valence-electron chi connectivity index (χ0n) is 18.7. The fourth-order valence-electron chi connectivity index (χ4n) is 2.99. The van der Waals surface area contributed by atoms with Crippen molar-refractivity contribution in [1.82, 2.24) is 0 Å². The van der Waals surface area contributed by atoms with E-state index in [1.54, 1.807) is 24.3 Å². The third kappa shape index (κ3) is 5.30. The third-order valence-corrected chi connectivity index (χ3v) is 5.61. The highest BCUT2D eigenvalue weighted by molar-refractivity contribution is 6.59. The second-order valence-corrected chi connectivity index (χ2v) is 7.46. The highest BCUT2D eigenvalue weighted by Gasteiger charge is 2.20. The van der Waals surface area contributed by atoms with E-state index in [-0.39, 0.29) is 32.6 Å². The Balaban J connectivity index is 1.86. The lowest BCUT2D eigenvalue weighted by Gasteiger charge is -2.11. The van der Waals surface area contributed by atoms with Crippen molar-refractivity contribution in [1.29, 1.82) is 0 Å². The molecule has 0 saturated heterocycles. The van der Waals surface area contributed by atoms with Gasteiger partial charge in [-0.3, -0.25) is 9.59 Å². The van der Waals surface area contributed by atoms with Gasteiger partial charge in [-0.25, -0.2) is 9.98 Å². The summed E-state index contributed by atoms with van der Waals surface area (Å²) in [6.07, 6.45) is 2.90. The number of carbonyl (C=O) groups is 2. The van der Waals surface area contributed by atoms with Gasteiger partial charge >= 0.3 is 0 Å². The van der Waals surface area contributed by atoms with Crippen LogP contribution in [-0.4, -0.2) is 51.7 Å². The lowest BCUT2D eigenvalue weighted by atomic mass is 10.1. The van der Waals surface area contributed by atoms with E-state index in [9.17, 15) is 9.59 Å². The fourth-order valence-corrected chi connectivity index (χ4v) is 3.39. The van der Waals surface area contributed by atoms with Gasteiger partial charge in [-0.05, 0) is 48.6 Å². The number of amides is 2. The molecule has 0 saturated carbocycles. The molecule has 2 aromatic carbocycles. The Hall–Kier alpha value is -3.62. The van der Waals surface area contributed by atoms with Crippen LogP contribution in [-0.2, 0) is 0 Å². The number of hydrogen-bond acceptors (Lipinski definition) is 6. The van der Waals surface area contributed by atoms with Crippen LogP contribution in [0.25, 0.3) is 0 Å². The average Bonchev–Trinajstić information content (AvgIpc) is 2.87. The molecule has 0 fully saturated rings. The molecule has 176 valence electrons. The Morgan fingerprint density at radius 3 is 1.29 bits per heavy atom. The van der Waals surface area contributed by atoms with Gasteiger partial charge in [0, 0.05) is 11.1 Å². The van der Waals surface area contributed by atoms with Crippen molar-refractivity contribution in [2.24, 2.45) is 9.98 Å². The van der Waals surface area contributed by atoms with Crippen molar-refractivity contribution in [3.05, 3.63) is 69.7 Å². The summed E-state index contributed by atoms with van der Waals surface area (Å²) in [5.41, 5.74) is 0.789. The van der Waals surface area contributed by atoms with Crippen molar-refractivity contribution in [3.8, 4) is 23.0 Å². The summed E-state index contributed by atoms with van der Waals surface area (Å²) in [5, 5.41) is -0.0336. The number of rotatable bonds is 6. The molecule has 0 unspecified atom stereocenters. The molecule has 0 spiro atoms. The Bertz CT molecular complexity index is 1170. The molecule has 0 bridgehead atoms. The van der Waals surface area contributed by atoms with Crippen LogP contribution in [0.3, 0.4) is 0 Å². The van der Waals surface area contributed by atoms with Crippen LogP contribution in [0, 0.1) is 0 Å². The van der Waals surface area contributed by atoms with Crippen molar-refractivity contribution in [2.45, 2.75) is 0 Å². The second-order valence-electron chi connectivity index (χ2n) is 6.71. The first-order chi connectivity index (χ1) is 16.3. The summed E-state index contributed by atoms with van der Waals surface area (Å²) < 4.78 is 20.8. The summed E-state index contributed by atoms with van der Waals surface area (Å²) in [6.45, 7) is 0. The summed E-state index contributed by atoms with van der Waals surface area (Å²) in [7, 11) is 5.92. The second kappa shape index (κ2) is 11.0. The smallest absolute Gasteiger partial charge is 0.277 e. The molecule has 0 atom stereocenters. The molecule has 8 nitrogen and oxygen atoms in total. The minimum absolute atomic E-state index is 0.0168. The van der Waals surface area contributed by atoms with E-state index in [0.29, 0.717) is 23.0 Å². The predicted molar refractivity (Wildman–Crippen MR) is 130 cm³/mol. The summed E-state index contributed by atoms with van der Waals surface area (Å²) in [6, 6.07) is 9.30. The number of nitrogens with zero attached hydrogens (tertiary/aromatic N) is 2. The fraction of sp³-hybridized carbons (Fsp3) is 0.167. The van der Waals surface area contributed by atoms with Gasteiger partial charge in [0.15, 0.2) is 23.0 Å². The first-order valence-electron chi connectivity index (χ1n) is 9.77. The molecule has 2 aromatic rings. The number of allylic oxidation sites excluding steroid dienone is 4. The van der Waals surface area contributed by atoms with Crippen LogP contribution in [0.5, 0.6) is 23.0 Å². The molecule has 3 rings (SSSR count). The zero-order valence-corrected chi connectivity index (χ0v) is 20.2. The van der Waals surface area contributed by atoms with Crippen LogP contribution < -0.4 is 18.9 Å². The van der Waals surface area contributed by atoms with Crippen molar-refractivity contribution in [2.75, 3.05) is 28.4 Å². The molecule has 0 aromatic heterocycles. The van der Waals surface area contributed by atoms with Gasteiger partial charge in [0.2, 0.25) is 0 Å². The third-order valence-electron chi connectivity index (χ3n) is 4.75. The summed E-state index contributed by atoms with van der Waals surface area (Å²) in [5.74, 6) is 0.594. The first kappa shape index (κ1) is 25.0.